The van der Waals surface area contributed by atoms with Crippen molar-refractivity contribution in [2.75, 3.05) is 13.1 Å². The van der Waals surface area contributed by atoms with Crippen molar-refractivity contribution in [3.05, 3.63) is 70.3 Å². The number of hydrogen-bond donors (Lipinski definition) is 2. The van der Waals surface area contributed by atoms with E-state index in [0.717, 1.165) is 12.1 Å². The summed E-state index contributed by atoms with van der Waals surface area (Å²) in [5.74, 6) is -5.56. The molecule has 4 rings (SSSR count). The van der Waals surface area contributed by atoms with Crippen LogP contribution in [0.3, 0.4) is 0 Å². The highest BCUT2D eigenvalue weighted by Crippen LogP contribution is 2.35. The number of alkyl halides is 3. The molecule has 0 bridgehead atoms. The lowest BCUT2D eigenvalue weighted by Crippen LogP contribution is -2.48. The fraction of sp³-hybridized carbons (Fsp3) is 0.318. The highest BCUT2D eigenvalue weighted by molar-refractivity contribution is 6.07. The third-order valence-electron chi connectivity index (χ3n) is 5.92. The average Bonchev–Trinajstić information content (AvgIpc) is 3.10. The van der Waals surface area contributed by atoms with Gasteiger partial charge in [-0.2, -0.15) is 18.2 Å². The molecular formula is C22H19F5N4O2. The highest BCUT2D eigenvalue weighted by atomic mass is 19.4. The zero-order chi connectivity index (χ0) is 23.9. The van der Waals surface area contributed by atoms with Crippen molar-refractivity contribution in [2.45, 2.75) is 31.1 Å². The molecule has 2 aromatic rings. The molecule has 2 heterocycles. The van der Waals surface area contributed by atoms with E-state index < -0.39 is 29.6 Å². The van der Waals surface area contributed by atoms with Gasteiger partial charge in [0.05, 0.1) is 0 Å². The van der Waals surface area contributed by atoms with Crippen molar-refractivity contribution >= 4 is 17.6 Å². The lowest BCUT2D eigenvalue weighted by Gasteiger charge is -2.38. The molecule has 6 nitrogen and oxygen atoms in total. The lowest BCUT2D eigenvalue weighted by molar-refractivity contribution is -0.169. The van der Waals surface area contributed by atoms with E-state index in [0.29, 0.717) is 30.6 Å². The molecule has 1 fully saturated rings. The number of aliphatic imine (C=N–C) groups is 1. The molecule has 0 aliphatic carbocycles. The second-order valence-electron chi connectivity index (χ2n) is 7.95. The van der Waals surface area contributed by atoms with Crippen molar-refractivity contribution in [1.82, 2.24) is 10.2 Å². The molecule has 0 saturated carbocycles. The van der Waals surface area contributed by atoms with Gasteiger partial charge in [0.25, 0.3) is 5.91 Å². The van der Waals surface area contributed by atoms with E-state index in [4.69, 9.17) is 5.73 Å². The fourth-order valence-electron chi connectivity index (χ4n) is 4.29. The van der Waals surface area contributed by atoms with E-state index in [9.17, 15) is 31.5 Å². The number of amidine groups is 1. The van der Waals surface area contributed by atoms with E-state index in [-0.39, 0.29) is 35.5 Å². The number of halogens is 5. The van der Waals surface area contributed by atoms with Crippen LogP contribution in [0.4, 0.5) is 22.0 Å². The Morgan fingerprint density at radius 1 is 1.12 bits per heavy atom. The maximum Gasteiger partial charge on any atom is 0.473 e. The van der Waals surface area contributed by atoms with Crippen LogP contribution in [0.1, 0.15) is 39.4 Å². The first-order chi connectivity index (χ1) is 15.6. The molecule has 0 aromatic heterocycles. The molecule has 2 atom stereocenters. The number of piperidine rings is 1. The van der Waals surface area contributed by atoms with E-state index in [1.54, 1.807) is 11.0 Å². The molecule has 0 spiro atoms. The van der Waals surface area contributed by atoms with Crippen LogP contribution >= 0.6 is 0 Å². The predicted molar refractivity (Wildman–Crippen MR) is 108 cm³/mol. The first kappa shape index (κ1) is 22.8. The van der Waals surface area contributed by atoms with Crippen LogP contribution in [-0.4, -0.2) is 47.9 Å². The average molecular weight is 466 g/mol. The second-order valence-corrected chi connectivity index (χ2v) is 7.95. The SMILES string of the molecule is NC(=NC(=O)C(F)(F)F)c1ccc2c(c1)C(=O)N(C1CCNC[C@H]1c1ccc(F)c(F)c1)C2. The number of nitrogens with two attached hydrogens (primary N) is 1. The van der Waals surface area contributed by atoms with Crippen molar-refractivity contribution < 1.29 is 31.5 Å². The maximum absolute atomic E-state index is 13.8. The van der Waals surface area contributed by atoms with Gasteiger partial charge >= 0.3 is 12.1 Å². The van der Waals surface area contributed by atoms with Crippen LogP contribution in [-0.2, 0) is 11.3 Å². The quantitative estimate of drug-likeness (QED) is 0.414. The minimum atomic E-state index is -5.15. The lowest BCUT2D eigenvalue weighted by atomic mass is 9.85. The highest BCUT2D eigenvalue weighted by Gasteiger charge is 2.40. The normalized spacial score (nSPS) is 21.3. The molecule has 1 unspecified atom stereocenters. The Hall–Kier alpha value is -3.34. The monoisotopic (exact) mass is 466 g/mol. The number of carbonyl (C=O) groups excluding carboxylic acids is 2. The Kier molecular flexibility index (Phi) is 5.91. The summed E-state index contributed by atoms with van der Waals surface area (Å²) in [4.78, 5) is 28.8. The number of carbonyl (C=O) groups is 2. The van der Waals surface area contributed by atoms with Gasteiger partial charge in [-0.15, -0.1) is 0 Å². The fourth-order valence-corrected chi connectivity index (χ4v) is 4.29. The van der Waals surface area contributed by atoms with E-state index >= 15 is 0 Å². The summed E-state index contributed by atoms with van der Waals surface area (Å²) in [5, 5.41) is 3.20. The summed E-state index contributed by atoms with van der Waals surface area (Å²) in [6.07, 6.45) is -4.59. The number of benzene rings is 2. The smallest absolute Gasteiger partial charge is 0.383 e. The molecule has 2 aliphatic rings. The van der Waals surface area contributed by atoms with Gasteiger partial charge in [-0.25, -0.2) is 8.78 Å². The van der Waals surface area contributed by atoms with Gasteiger partial charge in [0.15, 0.2) is 11.6 Å². The van der Waals surface area contributed by atoms with Crippen LogP contribution < -0.4 is 11.1 Å². The van der Waals surface area contributed by atoms with Crippen LogP contribution in [0.25, 0.3) is 0 Å². The molecule has 0 radical (unpaired) electrons. The molecule has 11 heteroatoms. The maximum atomic E-state index is 13.8. The topological polar surface area (TPSA) is 87.8 Å². The number of rotatable bonds is 3. The van der Waals surface area contributed by atoms with Crippen LogP contribution in [0, 0.1) is 11.6 Å². The second kappa shape index (κ2) is 8.54. The molecule has 174 valence electrons. The molecule has 1 saturated heterocycles. The van der Waals surface area contributed by atoms with Gasteiger partial charge in [-0.3, -0.25) is 9.59 Å². The van der Waals surface area contributed by atoms with E-state index in [2.05, 4.69) is 10.3 Å². The predicted octanol–water partition coefficient (Wildman–Crippen LogP) is 2.86. The Bertz CT molecular complexity index is 1150. The first-order valence-corrected chi connectivity index (χ1v) is 10.1. The third kappa shape index (κ3) is 4.45. The molecule has 33 heavy (non-hydrogen) atoms. The summed E-state index contributed by atoms with van der Waals surface area (Å²) in [5.41, 5.74) is 7.02. The standard InChI is InChI=1S/C22H19F5N4O2/c23-16-4-3-11(8-17(16)24)15-9-29-6-5-18(15)31-10-13-2-1-12(7-14(13)20(31)32)19(28)30-21(33)22(25,26)27/h1-4,7-8,15,18,29H,5-6,9-10H2,(H2,28,30,33)/t15-,18?/m0/s1. The van der Waals surface area contributed by atoms with Crippen LogP contribution in [0.2, 0.25) is 0 Å². The van der Waals surface area contributed by atoms with E-state index in [1.165, 1.54) is 18.2 Å². The zero-order valence-electron chi connectivity index (χ0n) is 17.1. The largest absolute Gasteiger partial charge is 0.473 e. The van der Waals surface area contributed by atoms with Crippen LogP contribution in [0.15, 0.2) is 41.4 Å². The minimum Gasteiger partial charge on any atom is -0.383 e. The van der Waals surface area contributed by atoms with Gasteiger partial charge in [-0.05, 0) is 42.3 Å². The summed E-state index contributed by atoms with van der Waals surface area (Å²) in [6.45, 7) is 1.33. The number of hydrogen-bond acceptors (Lipinski definition) is 3. The Morgan fingerprint density at radius 2 is 1.88 bits per heavy atom. The summed E-state index contributed by atoms with van der Waals surface area (Å²) < 4.78 is 64.6. The zero-order valence-corrected chi connectivity index (χ0v) is 17.1. The molecular weight excluding hydrogens is 447 g/mol. The van der Waals surface area contributed by atoms with Gasteiger partial charge in [0, 0.05) is 36.2 Å². The summed E-state index contributed by atoms with van der Waals surface area (Å²) in [6, 6.07) is 7.62. The van der Waals surface area contributed by atoms with Gasteiger partial charge in [-0.1, -0.05) is 18.2 Å². The van der Waals surface area contributed by atoms with Crippen molar-refractivity contribution in [2.24, 2.45) is 10.7 Å². The van der Waals surface area contributed by atoms with E-state index in [1.807, 2.05) is 0 Å². The van der Waals surface area contributed by atoms with Crippen molar-refractivity contribution in [3.63, 3.8) is 0 Å². The number of nitrogens with one attached hydrogen (secondary N) is 1. The summed E-state index contributed by atoms with van der Waals surface area (Å²) in [7, 11) is 0. The number of fused-ring (bicyclic) bond motifs is 1. The first-order valence-electron chi connectivity index (χ1n) is 10.1. The third-order valence-corrected chi connectivity index (χ3v) is 5.92. The molecule has 2 aromatic carbocycles. The van der Waals surface area contributed by atoms with Crippen molar-refractivity contribution in [1.29, 1.82) is 0 Å². The molecule has 2 amide bonds. The Labute approximate surface area is 185 Å². The molecule has 3 N–H and O–H groups in total. The summed E-state index contributed by atoms with van der Waals surface area (Å²) >= 11 is 0. The van der Waals surface area contributed by atoms with Gasteiger partial charge in [0.2, 0.25) is 0 Å². The number of amides is 2. The number of nitrogens with zero attached hydrogens (tertiary/aromatic N) is 2. The minimum absolute atomic E-state index is 0.0176. The Balaban J connectivity index is 1.60. The van der Waals surface area contributed by atoms with Crippen LogP contribution in [0.5, 0.6) is 0 Å². The Morgan fingerprint density at radius 3 is 2.58 bits per heavy atom. The van der Waals surface area contributed by atoms with Crippen molar-refractivity contribution in [3.8, 4) is 0 Å². The van der Waals surface area contributed by atoms with Gasteiger partial charge in [0.1, 0.15) is 5.84 Å². The molecule has 2 aliphatic heterocycles. The van der Waals surface area contributed by atoms with Gasteiger partial charge < -0.3 is 16.0 Å².